The van der Waals surface area contributed by atoms with Gasteiger partial charge in [0.25, 0.3) is 0 Å². The molecule has 0 saturated carbocycles. The van der Waals surface area contributed by atoms with E-state index in [9.17, 15) is 44.2 Å². The molecule has 1 amide bonds. The fourth-order valence-electron chi connectivity index (χ4n) is 15.2. The van der Waals surface area contributed by atoms with Gasteiger partial charge in [0.05, 0.1) is 7.11 Å². The zero-order valence-electron chi connectivity index (χ0n) is 73.9. The maximum atomic E-state index is 15.4. The van der Waals surface area contributed by atoms with Gasteiger partial charge < -0.3 is 9.64 Å². The Balaban J connectivity index is 1.22. The van der Waals surface area contributed by atoms with Crippen LogP contribution in [-0.4, -0.2) is 292 Å². The molecule has 4 aromatic carbocycles. The first-order valence-corrected chi connectivity index (χ1v) is 44.5. The van der Waals surface area contributed by atoms with Gasteiger partial charge in [0.2, 0.25) is 0 Å². The van der Waals surface area contributed by atoms with Crippen molar-refractivity contribution in [3.63, 3.8) is 0 Å². The standard InChI is InChI=1S/C86H118B4N4O32P2/c1-11-14-41-105-60-45-86(83(102)104-10,111-44-31-21-30-40-94(46-56-32-22-17-23-33-56)84(103)110-48-57-34-24-18-25-35-57)124-70(64-51-112-85(8,9)123-64)66(60)118-81-76(115-55(7)99)73(74(125-87-89-127)67(119-81)61(47-95)106-42-15-12-2)121-82-77(122-80-65(92-93-91)71(114-54(6)98)69(113-53(5)97)63(116-80)50-108-52(4)96)72(117-79(101)59-38-28-20-29-39-59)75(126-88-90-128)68(120-82)62(107-43-16-13-3)49-109-78(100)58-36-26-19-27-37-58/h17-20,22-29,32-39,60-77,80-82,95H,11-16,21,30-31,40-51,127-128H2,1-10H3/t60-,61+,62+,63?,64-,65?,66-,67?,68+,69-,70?,71+,72?,73?,74-,75-,76-,77?,80-,81+,82-,86-/m1/s1. The molecule has 0 aromatic heterocycles. The first-order valence-electron chi connectivity index (χ1n) is 43.1. The van der Waals surface area contributed by atoms with Gasteiger partial charge in [-0.2, -0.15) is 0 Å². The summed E-state index contributed by atoms with van der Waals surface area (Å²) in [6, 6.07) is 32.6. The number of azide groups is 1. The number of aliphatic hydroxyl groups is 1. The molecule has 4 aromatic rings. The Bertz CT molecular complexity index is 4230. The number of benzene rings is 4. The number of hydrogen-bond donors (Lipinski definition) is 1. The fraction of sp³-hybridized carbons (Fsp3) is 0.628. The predicted octanol–water partition coefficient (Wildman–Crippen LogP) is 8.65. The van der Waals surface area contributed by atoms with E-state index >= 15 is 4.79 Å². The van der Waals surface area contributed by atoms with E-state index in [2.05, 4.69) is 28.3 Å². The summed E-state index contributed by atoms with van der Waals surface area (Å²) >= 11 is 0. The third-order valence-electron chi connectivity index (χ3n) is 21.2. The molecule has 0 aliphatic carbocycles. The molecule has 696 valence electrons. The number of esters is 7. The first-order chi connectivity index (χ1) is 61.8. The summed E-state index contributed by atoms with van der Waals surface area (Å²) in [6.07, 6.45) is -31.2. The third kappa shape index (κ3) is 30.5. The van der Waals surface area contributed by atoms with Crippen LogP contribution in [0.3, 0.4) is 0 Å². The third-order valence-corrected chi connectivity index (χ3v) is 21.5. The number of nitrogens with zero attached hydrogens (tertiary/aromatic N) is 4. The van der Waals surface area contributed by atoms with Crippen molar-refractivity contribution in [1.29, 1.82) is 0 Å². The summed E-state index contributed by atoms with van der Waals surface area (Å²) < 4.78 is 152. The Labute approximate surface area is 752 Å². The fourth-order valence-corrected chi connectivity index (χ4v) is 15.4. The molecule has 5 aliphatic rings. The molecule has 24 atom stereocenters. The molecule has 128 heavy (non-hydrogen) atoms. The number of hydrogen-bond acceptors (Lipinski definition) is 33. The second-order valence-electron chi connectivity index (χ2n) is 31.3. The monoisotopic (exact) mass is 1820 g/mol. The van der Waals surface area contributed by atoms with Gasteiger partial charge >= 0.3 is 617 Å². The van der Waals surface area contributed by atoms with Crippen LogP contribution in [-0.2, 0) is 146 Å². The molecule has 5 heterocycles. The van der Waals surface area contributed by atoms with E-state index in [4.69, 9.17) is 109 Å². The zero-order valence-corrected chi connectivity index (χ0v) is 76.2. The van der Waals surface area contributed by atoms with Crippen LogP contribution in [0.4, 0.5) is 4.79 Å². The Morgan fingerprint density at radius 1 is 0.570 bits per heavy atom. The minimum absolute atomic E-state index is 0.0159. The maximum absolute atomic E-state index is 15.4. The van der Waals surface area contributed by atoms with Gasteiger partial charge in [-0.05, 0) is 30.4 Å². The molecule has 36 nitrogen and oxygen atoms in total. The van der Waals surface area contributed by atoms with Gasteiger partial charge in [-0.25, -0.2) is 4.79 Å². The second kappa shape index (κ2) is 53.4. The molecule has 1 N–H and O–H groups in total. The molecule has 9 rings (SSSR count). The average molecular weight is 1830 g/mol. The van der Waals surface area contributed by atoms with E-state index in [-0.39, 0.29) is 63.9 Å². The normalized spacial score (nSPS) is 27.6. The Hall–Kier alpha value is -8.09. The summed E-state index contributed by atoms with van der Waals surface area (Å²) in [7, 11) is 8.37. The zero-order chi connectivity index (χ0) is 92.1. The molecule has 0 bridgehead atoms. The number of methoxy groups -OCH3 is 1. The van der Waals surface area contributed by atoms with Crippen molar-refractivity contribution in [2.75, 3.05) is 66.5 Å². The van der Waals surface area contributed by atoms with Crippen molar-refractivity contribution >= 4 is 93.2 Å². The molecule has 9 unspecified atom stereocenters. The second-order valence-corrected chi connectivity index (χ2v) is 32.1. The number of aliphatic hydroxyl groups excluding tert-OH is 1. The molecule has 0 spiro atoms. The minimum atomic E-state index is -2.29. The van der Waals surface area contributed by atoms with Crippen LogP contribution < -0.4 is 0 Å². The Morgan fingerprint density at radius 3 is 1.69 bits per heavy atom. The van der Waals surface area contributed by atoms with E-state index in [0.29, 0.717) is 57.8 Å². The summed E-state index contributed by atoms with van der Waals surface area (Å²) in [5.41, 5.74) is 12.4. The Morgan fingerprint density at radius 2 is 1.12 bits per heavy atom. The van der Waals surface area contributed by atoms with Crippen LogP contribution in [0.15, 0.2) is 126 Å². The Kier molecular flexibility index (Phi) is 43.3. The number of amides is 1. The molecular formula is C86H118B4N4O32P2. The van der Waals surface area contributed by atoms with Crippen molar-refractivity contribution in [3.05, 3.63) is 154 Å². The SMILES string of the molecule is CCCCO[C@@H](CO)C1O[C@H](O[C@H]2C([C@H]3COC(C)(C)O3)O[C@@](OCCCCCN(Cc3ccccc3)C(=O)OCc3ccccc3)(C(=O)OC)C[C@H]2OCCCC)[C@H](OC(C)=O)C(O[C@H]2O[C@@H]([C@H](COC(=O)c3ccccc3)OCCCC)[C@@H](OB=BP)C(OC(=O)c3ccccc3)C2O[C@H]2OC(COC(C)=O)[C@@H](OC(C)=O)[C@@H](OC(C)=O)C2N=[N+]=[N-])[C@@H]1OB=BP. The van der Waals surface area contributed by atoms with Gasteiger partial charge in [0.1, 0.15) is 6.61 Å². The molecule has 5 aliphatic heterocycles. The van der Waals surface area contributed by atoms with Gasteiger partial charge in [-0.1, -0.05) is 67.6 Å². The quantitative estimate of drug-likeness (QED) is 0.00631. The van der Waals surface area contributed by atoms with E-state index in [1.54, 1.807) is 55.1 Å². The number of unbranched alkanes of at least 4 members (excludes halogenated alkanes) is 5. The van der Waals surface area contributed by atoms with Crippen LogP contribution in [0.25, 0.3) is 10.4 Å². The topological polar surface area (TPSA) is 421 Å². The van der Waals surface area contributed by atoms with Crippen molar-refractivity contribution in [2.45, 2.75) is 280 Å². The summed E-state index contributed by atoms with van der Waals surface area (Å²) in [6.45, 7) is 14.4. The number of rotatable bonds is 49. The van der Waals surface area contributed by atoms with Crippen LogP contribution >= 0.6 is 18.2 Å². The number of carbonyl (C=O) groups is 8. The van der Waals surface area contributed by atoms with Crippen LogP contribution in [0.5, 0.6) is 0 Å². The van der Waals surface area contributed by atoms with Gasteiger partial charge in [-0.3, -0.25) is 0 Å². The summed E-state index contributed by atoms with van der Waals surface area (Å²) in [5, 5.41) is 15.9. The van der Waals surface area contributed by atoms with E-state index < -0.39 is 214 Å². The average Bonchev–Trinajstić information content (AvgIpc) is 1.52. The number of carbonyl (C=O) groups excluding carboxylic acids is 8. The molecular weight excluding hydrogens is 1710 g/mol. The molecule has 5 fully saturated rings. The molecule has 0 radical (unpaired) electrons. The van der Waals surface area contributed by atoms with Gasteiger partial charge in [0, 0.05) is 13.1 Å². The van der Waals surface area contributed by atoms with Crippen LogP contribution in [0, 0.1) is 0 Å². The molecule has 42 heteroatoms. The summed E-state index contributed by atoms with van der Waals surface area (Å²) in [5.74, 6) is -10.2. The summed E-state index contributed by atoms with van der Waals surface area (Å²) in [4.78, 5) is 117. The first kappa shape index (κ1) is 104. The van der Waals surface area contributed by atoms with Crippen molar-refractivity contribution in [2.24, 2.45) is 5.11 Å². The van der Waals surface area contributed by atoms with Crippen molar-refractivity contribution < 1.29 is 152 Å². The van der Waals surface area contributed by atoms with Crippen molar-refractivity contribution in [3.8, 4) is 0 Å². The predicted molar refractivity (Wildman–Crippen MR) is 465 cm³/mol. The van der Waals surface area contributed by atoms with Crippen LogP contribution in [0.2, 0.25) is 0 Å². The molecule has 5 saturated heterocycles. The van der Waals surface area contributed by atoms with E-state index in [1.165, 1.54) is 58.4 Å². The van der Waals surface area contributed by atoms with Gasteiger partial charge in [0.15, 0.2) is 0 Å². The van der Waals surface area contributed by atoms with Crippen LogP contribution in [0.1, 0.15) is 158 Å². The van der Waals surface area contributed by atoms with Crippen molar-refractivity contribution in [1.82, 2.24) is 4.90 Å². The van der Waals surface area contributed by atoms with Gasteiger partial charge in [-0.15, -0.1) is 0 Å². The number of ether oxygens (including phenoxy) is 21. The van der Waals surface area contributed by atoms with E-state index in [0.717, 1.165) is 38.8 Å². The van der Waals surface area contributed by atoms with E-state index in [1.807, 2.05) is 81.4 Å².